The molecule has 1 atom stereocenters. The van der Waals surface area contributed by atoms with E-state index < -0.39 is 0 Å². The van der Waals surface area contributed by atoms with Gasteiger partial charge in [0, 0.05) is 49.8 Å². The number of aromatic nitrogens is 3. The fourth-order valence-electron chi connectivity index (χ4n) is 3.30. The van der Waals surface area contributed by atoms with Gasteiger partial charge in [0.2, 0.25) is 0 Å². The van der Waals surface area contributed by atoms with Crippen molar-refractivity contribution in [2.24, 2.45) is 0 Å². The van der Waals surface area contributed by atoms with Gasteiger partial charge in [-0.1, -0.05) is 30.3 Å². The summed E-state index contributed by atoms with van der Waals surface area (Å²) in [5.41, 5.74) is 1.92. The Morgan fingerprint density at radius 3 is 2.88 bits per heavy atom. The van der Waals surface area contributed by atoms with Crippen molar-refractivity contribution in [1.29, 1.82) is 0 Å². The van der Waals surface area contributed by atoms with Crippen LogP contribution >= 0.6 is 0 Å². The second kappa shape index (κ2) is 7.49. The third kappa shape index (κ3) is 3.81. The van der Waals surface area contributed by atoms with Crippen LogP contribution in [0.15, 0.2) is 67.4 Å². The van der Waals surface area contributed by atoms with Gasteiger partial charge in [0.1, 0.15) is 12.1 Å². The van der Waals surface area contributed by atoms with Crippen molar-refractivity contribution in [1.82, 2.24) is 24.8 Å². The minimum absolute atomic E-state index is 0.0553. The van der Waals surface area contributed by atoms with Crippen LogP contribution < -0.4 is 5.32 Å². The molecule has 1 amide bonds. The summed E-state index contributed by atoms with van der Waals surface area (Å²) in [7, 11) is 0. The summed E-state index contributed by atoms with van der Waals surface area (Å²) >= 11 is 0. The van der Waals surface area contributed by atoms with Crippen LogP contribution in [0.5, 0.6) is 0 Å². The van der Waals surface area contributed by atoms with Crippen molar-refractivity contribution in [2.45, 2.75) is 19.0 Å². The zero-order chi connectivity index (χ0) is 17.8. The average molecular weight is 347 g/mol. The number of carbonyl (C=O) groups excluding carboxylic acids is 1. The summed E-state index contributed by atoms with van der Waals surface area (Å²) in [5, 5.41) is 3.15. The number of imidazole rings is 1. The second-order valence-electron chi connectivity index (χ2n) is 6.55. The van der Waals surface area contributed by atoms with Crippen LogP contribution in [0.2, 0.25) is 0 Å². The van der Waals surface area contributed by atoms with E-state index in [0.29, 0.717) is 11.4 Å². The van der Waals surface area contributed by atoms with Crippen LogP contribution in [0.1, 0.15) is 22.3 Å². The molecule has 0 aliphatic carbocycles. The first-order chi connectivity index (χ1) is 12.8. The van der Waals surface area contributed by atoms with E-state index in [0.717, 1.165) is 26.1 Å². The summed E-state index contributed by atoms with van der Waals surface area (Å²) in [6.45, 7) is 2.80. The fourth-order valence-corrected chi connectivity index (χ4v) is 3.30. The zero-order valence-electron chi connectivity index (χ0n) is 14.5. The predicted octanol–water partition coefficient (Wildman–Crippen LogP) is 2.27. The van der Waals surface area contributed by atoms with Crippen LogP contribution in [0.4, 0.5) is 0 Å². The third-order valence-corrected chi connectivity index (χ3v) is 4.63. The molecule has 1 saturated heterocycles. The van der Waals surface area contributed by atoms with Crippen molar-refractivity contribution in [2.75, 3.05) is 13.1 Å². The Labute approximate surface area is 152 Å². The molecule has 0 bridgehead atoms. The molecule has 4 rings (SSSR count). The second-order valence-corrected chi connectivity index (χ2v) is 6.55. The first-order valence-corrected chi connectivity index (χ1v) is 8.79. The topological polar surface area (TPSA) is 63.1 Å². The van der Waals surface area contributed by atoms with Crippen molar-refractivity contribution < 1.29 is 4.79 Å². The smallest absolute Gasteiger partial charge is 0.251 e. The Hall–Kier alpha value is -2.99. The highest BCUT2D eigenvalue weighted by Gasteiger charge is 2.24. The Morgan fingerprint density at radius 1 is 1.19 bits per heavy atom. The summed E-state index contributed by atoms with van der Waals surface area (Å²) in [6.07, 6.45) is 7.79. The summed E-state index contributed by atoms with van der Waals surface area (Å²) in [6, 6.07) is 14.1. The van der Waals surface area contributed by atoms with Gasteiger partial charge >= 0.3 is 0 Å². The van der Waals surface area contributed by atoms with Crippen molar-refractivity contribution in [3.63, 3.8) is 0 Å². The number of carbonyl (C=O) groups is 1. The summed E-state index contributed by atoms with van der Waals surface area (Å²) < 4.78 is 1.79. The van der Waals surface area contributed by atoms with Gasteiger partial charge in [0.15, 0.2) is 0 Å². The molecule has 0 spiro atoms. The first-order valence-electron chi connectivity index (χ1n) is 8.79. The molecule has 1 fully saturated rings. The fraction of sp³-hybridized carbons (Fsp3) is 0.250. The molecule has 0 radical (unpaired) electrons. The molecule has 2 aromatic heterocycles. The minimum atomic E-state index is -0.0553. The van der Waals surface area contributed by atoms with E-state index in [4.69, 9.17) is 0 Å². The number of rotatable bonds is 5. The first kappa shape index (κ1) is 16.5. The summed E-state index contributed by atoms with van der Waals surface area (Å²) in [5.74, 6) is 0.632. The molecule has 6 heteroatoms. The van der Waals surface area contributed by atoms with Gasteiger partial charge < -0.3 is 5.32 Å². The van der Waals surface area contributed by atoms with Crippen LogP contribution in [-0.2, 0) is 6.54 Å². The van der Waals surface area contributed by atoms with E-state index in [2.05, 4.69) is 44.5 Å². The van der Waals surface area contributed by atoms with E-state index in [1.165, 1.54) is 5.56 Å². The lowest BCUT2D eigenvalue weighted by Gasteiger charge is -2.17. The number of nitrogens with zero attached hydrogens (tertiary/aromatic N) is 4. The maximum absolute atomic E-state index is 12.6. The van der Waals surface area contributed by atoms with E-state index in [9.17, 15) is 4.79 Å². The molecular formula is C20H21N5O. The number of benzene rings is 1. The Kier molecular flexibility index (Phi) is 4.75. The SMILES string of the molecule is O=C(N[C@H]1CCN(Cc2ccccc2)C1)c1ccnc(-n2ccnc2)c1. The molecule has 1 aromatic carbocycles. The van der Waals surface area contributed by atoms with Crippen LogP contribution in [0.3, 0.4) is 0 Å². The lowest BCUT2D eigenvalue weighted by atomic mass is 10.2. The van der Waals surface area contributed by atoms with Gasteiger partial charge in [-0.3, -0.25) is 14.3 Å². The largest absolute Gasteiger partial charge is 0.348 e. The normalized spacial score (nSPS) is 17.3. The summed E-state index contributed by atoms with van der Waals surface area (Å²) in [4.78, 5) is 23.3. The quantitative estimate of drug-likeness (QED) is 0.769. The number of hydrogen-bond donors (Lipinski definition) is 1. The number of nitrogens with one attached hydrogen (secondary N) is 1. The highest BCUT2D eigenvalue weighted by atomic mass is 16.1. The third-order valence-electron chi connectivity index (χ3n) is 4.63. The molecular weight excluding hydrogens is 326 g/mol. The number of hydrogen-bond acceptors (Lipinski definition) is 4. The van der Waals surface area contributed by atoms with Gasteiger partial charge in [0.05, 0.1) is 0 Å². The molecule has 1 aliphatic rings. The van der Waals surface area contributed by atoms with Gasteiger partial charge in [0.25, 0.3) is 5.91 Å². The van der Waals surface area contributed by atoms with Crippen LogP contribution in [-0.4, -0.2) is 44.5 Å². The van der Waals surface area contributed by atoms with E-state index in [1.807, 2.05) is 12.3 Å². The zero-order valence-corrected chi connectivity index (χ0v) is 14.5. The molecule has 1 aliphatic heterocycles. The van der Waals surface area contributed by atoms with Gasteiger partial charge in [-0.05, 0) is 24.1 Å². The van der Waals surface area contributed by atoms with Crippen LogP contribution in [0, 0.1) is 0 Å². The number of amides is 1. The number of pyridine rings is 1. The Bertz CT molecular complexity index is 863. The highest BCUT2D eigenvalue weighted by Crippen LogP contribution is 2.14. The van der Waals surface area contributed by atoms with Crippen molar-refractivity contribution in [3.05, 3.63) is 78.5 Å². The number of likely N-dealkylation sites (tertiary alicyclic amines) is 1. The van der Waals surface area contributed by atoms with Gasteiger partial charge in [-0.25, -0.2) is 9.97 Å². The molecule has 6 nitrogen and oxygen atoms in total. The molecule has 3 heterocycles. The average Bonchev–Trinajstić information content (AvgIpc) is 3.35. The molecule has 26 heavy (non-hydrogen) atoms. The van der Waals surface area contributed by atoms with E-state index in [1.54, 1.807) is 35.4 Å². The Balaban J connectivity index is 1.36. The maximum atomic E-state index is 12.6. The van der Waals surface area contributed by atoms with Crippen molar-refractivity contribution >= 4 is 5.91 Å². The molecule has 132 valence electrons. The lowest BCUT2D eigenvalue weighted by Crippen LogP contribution is -2.37. The molecule has 1 N–H and O–H groups in total. The highest BCUT2D eigenvalue weighted by molar-refractivity contribution is 5.94. The monoisotopic (exact) mass is 347 g/mol. The molecule has 3 aromatic rings. The van der Waals surface area contributed by atoms with E-state index in [-0.39, 0.29) is 11.9 Å². The Morgan fingerprint density at radius 2 is 2.08 bits per heavy atom. The van der Waals surface area contributed by atoms with E-state index >= 15 is 0 Å². The van der Waals surface area contributed by atoms with Crippen molar-refractivity contribution in [3.8, 4) is 5.82 Å². The van der Waals surface area contributed by atoms with Gasteiger partial charge in [-0.15, -0.1) is 0 Å². The standard InChI is InChI=1S/C20H21N5O/c26-20(17-6-8-22-19(12-17)25-11-9-21-15-25)23-18-7-10-24(14-18)13-16-4-2-1-3-5-16/h1-6,8-9,11-12,15,18H,7,10,13-14H2,(H,23,26)/t18-/m0/s1. The molecule has 0 saturated carbocycles. The van der Waals surface area contributed by atoms with Crippen LogP contribution in [0.25, 0.3) is 5.82 Å². The van der Waals surface area contributed by atoms with Gasteiger partial charge in [-0.2, -0.15) is 0 Å². The minimum Gasteiger partial charge on any atom is -0.348 e. The predicted molar refractivity (Wildman–Crippen MR) is 98.9 cm³/mol. The lowest BCUT2D eigenvalue weighted by molar-refractivity contribution is 0.0937. The molecule has 0 unspecified atom stereocenters. The maximum Gasteiger partial charge on any atom is 0.251 e.